The van der Waals surface area contributed by atoms with Crippen molar-refractivity contribution in [1.82, 2.24) is 9.80 Å². The van der Waals surface area contributed by atoms with Gasteiger partial charge in [0.2, 0.25) is 0 Å². The lowest BCUT2D eigenvalue weighted by Gasteiger charge is -2.40. The van der Waals surface area contributed by atoms with Gasteiger partial charge in [-0.1, -0.05) is 61.6 Å². The van der Waals surface area contributed by atoms with Crippen LogP contribution in [0.5, 0.6) is 5.75 Å². The second-order valence-corrected chi connectivity index (χ2v) is 11.6. The molecule has 0 aromatic heterocycles. The summed E-state index contributed by atoms with van der Waals surface area (Å²) in [5.41, 5.74) is 5.67. The van der Waals surface area contributed by atoms with Gasteiger partial charge in [0, 0.05) is 31.2 Å². The Morgan fingerprint density at radius 1 is 0.861 bits per heavy atom. The van der Waals surface area contributed by atoms with Crippen LogP contribution in [0.15, 0.2) is 66.8 Å². The van der Waals surface area contributed by atoms with E-state index < -0.39 is 0 Å². The average Bonchev–Trinajstić information content (AvgIpc) is 3.50. The number of hydrogen-bond acceptors (Lipinski definition) is 3. The van der Waals surface area contributed by atoms with Crippen LogP contribution < -0.4 is 0 Å². The number of likely N-dealkylation sites (N-methyl/N-ethyl adjacent to an activating group) is 1. The van der Waals surface area contributed by atoms with Crippen LogP contribution in [-0.4, -0.2) is 46.1 Å². The van der Waals surface area contributed by atoms with Gasteiger partial charge in [-0.05, 0) is 104 Å². The van der Waals surface area contributed by atoms with Crippen LogP contribution in [-0.2, 0) is 25.8 Å². The second-order valence-electron chi connectivity index (χ2n) is 11.6. The number of benzene rings is 2. The minimum Gasteiger partial charge on any atom is -0.508 e. The first-order chi connectivity index (χ1) is 17.7. The molecule has 2 heterocycles. The number of phenolic OH excluding ortho intramolecular Hbond substituents is 1. The van der Waals surface area contributed by atoms with Crippen LogP contribution in [0.4, 0.5) is 0 Å². The summed E-state index contributed by atoms with van der Waals surface area (Å²) in [6, 6.07) is 17.7. The molecule has 0 saturated carbocycles. The van der Waals surface area contributed by atoms with Crippen molar-refractivity contribution in [2.24, 2.45) is 11.8 Å². The van der Waals surface area contributed by atoms with Crippen molar-refractivity contribution < 1.29 is 5.11 Å². The first kappa shape index (κ1) is 24.0. The maximum atomic E-state index is 9.88. The van der Waals surface area contributed by atoms with Gasteiger partial charge in [-0.15, -0.1) is 0 Å². The molecular formula is C33H42N2O. The van der Waals surface area contributed by atoms with E-state index >= 15 is 0 Å². The third-order valence-corrected chi connectivity index (χ3v) is 9.65. The van der Waals surface area contributed by atoms with E-state index in [-0.39, 0.29) is 0 Å². The smallest absolute Gasteiger partial charge is 0.115 e. The maximum Gasteiger partial charge on any atom is 0.115 e. The van der Waals surface area contributed by atoms with Crippen molar-refractivity contribution in [3.05, 3.63) is 89.0 Å². The molecule has 3 nitrogen and oxygen atoms in total. The molecule has 6 rings (SSSR count). The highest BCUT2D eigenvalue weighted by atomic mass is 16.3. The van der Waals surface area contributed by atoms with Crippen LogP contribution in [0.3, 0.4) is 0 Å². The zero-order valence-electron chi connectivity index (χ0n) is 21.9. The van der Waals surface area contributed by atoms with E-state index in [1.807, 2.05) is 12.1 Å². The van der Waals surface area contributed by atoms with E-state index in [0.717, 1.165) is 38.0 Å². The lowest BCUT2D eigenvalue weighted by atomic mass is 9.73. The lowest BCUT2D eigenvalue weighted by Crippen LogP contribution is -2.43. The molecule has 2 aromatic carbocycles. The quantitative estimate of drug-likeness (QED) is 0.478. The fourth-order valence-electron chi connectivity index (χ4n) is 7.63. The number of nitrogens with zero attached hydrogens (tertiary/aromatic N) is 2. The summed E-state index contributed by atoms with van der Waals surface area (Å²) in [5.74, 6) is 1.58. The molecule has 3 heteroatoms. The Morgan fingerprint density at radius 2 is 1.58 bits per heavy atom. The minimum absolute atomic E-state index is 0.400. The number of rotatable bonds is 8. The third kappa shape index (κ3) is 4.93. The summed E-state index contributed by atoms with van der Waals surface area (Å²) in [6.45, 7) is 5.60. The Hall–Kier alpha value is -2.36. The molecule has 2 aliphatic carbocycles. The Kier molecular flexibility index (Phi) is 7.04. The van der Waals surface area contributed by atoms with Crippen LogP contribution in [0.25, 0.3) is 0 Å². The van der Waals surface area contributed by atoms with Gasteiger partial charge in [0.1, 0.15) is 5.75 Å². The SMILES string of the molecule is CCN(Cc1ccc(CCN2C3CCC2CC3)cc1)C1C=CC=CC1[C@@H]1CCc2cc(O)ccc2C1. The maximum absolute atomic E-state index is 9.88. The van der Waals surface area contributed by atoms with Gasteiger partial charge < -0.3 is 5.11 Å². The zero-order chi connectivity index (χ0) is 24.5. The Morgan fingerprint density at radius 3 is 2.33 bits per heavy atom. The summed E-state index contributed by atoms with van der Waals surface area (Å²) in [5, 5.41) is 9.88. The first-order valence-corrected chi connectivity index (χ1v) is 14.4. The standard InChI is InChI=1S/C33H42N2O/c1-2-34(23-25-9-7-24(8-10-25)19-20-35-29-14-15-30(35)17-16-29)33-6-4-3-5-32(33)28-12-11-27-22-31(36)18-13-26(27)21-28/h3-10,13,18,22,28-30,32-33,36H,2,11-12,14-17,19-21,23H2,1H3/t28-,29?,30?,32?,33?/m1/s1. The number of fused-ring (bicyclic) bond motifs is 3. The lowest BCUT2D eigenvalue weighted by molar-refractivity contribution is 0.154. The van der Waals surface area contributed by atoms with Gasteiger partial charge in [-0.25, -0.2) is 0 Å². The topological polar surface area (TPSA) is 26.7 Å². The van der Waals surface area contributed by atoms with Crippen LogP contribution in [0.2, 0.25) is 0 Å². The molecule has 2 bridgehead atoms. The van der Waals surface area contributed by atoms with Crippen LogP contribution in [0.1, 0.15) is 61.3 Å². The highest BCUT2D eigenvalue weighted by Gasteiger charge is 2.38. The molecule has 2 aliphatic heterocycles. The zero-order valence-corrected chi connectivity index (χ0v) is 21.9. The molecule has 2 fully saturated rings. The number of aromatic hydroxyl groups is 1. The predicted molar refractivity (Wildman–Crippen MR) is 148 cm³/mol. The molecule has 0 spiro atoms. The highest BCUT2D eigenvalue weighted by molar-refractivity contribution is 5.37. The van der Waals surface area contributed by atoms with Crippen molar-refractivity contribution in [2.75, 3.05) is 13.1 Å². The molecule has 36 heavy (non-hydrogen) atoms. The van der Waals surface area contributed by atoms with E-state index in [0.29, 0.717) is 23.6 Å². The van der Waals surface area contributed by atoms with Gasteiger partial charge in [-0.3, -0.25) is 9.80 Å². The largest absolute Gasteiger partial charge is 0.508 e. The molecule has 2 unspecified atom stereocenters. The normalized spacial score (nSPS) is 29.2. The van der Waals surface area contributed by atoms with Crippen molar-refractivity contribution in [3.8, 4) is 5.75 Å². The van der Waals surface area contributed by atoms with E-state index in [9.17, 15) is 5.11 Å². The Bertz CT molecular complexity index is 1080. The van der Waals surface area contributed by atoms with Gasteiger partial charge in [0.25, 0.3) is 0 Å². The molecule has 1 N–H and O–H groups in total. The van der Waals surface area contributed by atoms with Crippen molar-refractivity contribution >= 4 is 0 Å². The molecule has 3 atom stereocenters. The number of aryl methyl sites for hydroxylation is 1. The molecule has 190 valence electrons. The van der Waals surface area contributed by atoms with Crippen LogP contribution >= 0.6 is 0 Å². The van der Waals surface area contributed by atoms with Gasteiger partial charge in [0.15, 0.2) is 0 Å². The summed E-state index contributed by atoms with van der Waals surface area (Å²) < 4.78 is 0. The van der Waals surface area contributed by atoms with E-state index in [1.165, 1.54) is 67.3 Å². The van der Waals surface area contributed by atoms with Crippen molar-refractivity contribution in [3.63, 3.8) is 0 Å². The molecule has 4 aliphatic rings. The number of allylic oxidation sites excluding steroid dienone is 2. The Labute approximate surface area is 217 Å². The third-order valence-electron chi connectivity index (χ3n) is 9.65. The van der Waals surface area contributed by atoms with Crippen molar-refractivity contribution in [1.29, 1.82) is 0 Å². The first-order valence-electron chi connectivity index (χ1n) is 14.4. The Balaban J connectivity index is 1.09. The molecule has 2 aromatic rings. The summed E-state index contributed by atoms with van der Waals surface area (Å²) in [4.78, 5) is 5.45. The molecular weight excluding hydrogens is 440 g/mol. The average molecular weight is 483 g/mol. The fraction of sp³-hybridized carbons (Fsp3) is 0.515. The number of phenols is 1. The van der Waals surface area contributed by atoms with Gasteiger partial charge >= 0.3 is 0 Å². The fourth-order valence-corrected chi connectivity index (χ4v) is 7.63. The van der Waals surface area contributed by atoms with Crippen LogP contribution in [0, 0.1) is 11.8 Å². The van der Waals surface area contributed by atoms with E-state index in [2.05, 4.69) is 71.4 Å². The molecule has 0 radical (unpaired) electrons. The van der Waals surface area contributed by atoms with Crippen molar-refractivity contribution in [2.45, 2.75) is 83.0 Å². The van der Waals surface area contributed by atoms with Gasteiger partial charge in [0.05, 0.1) is 0 Å². The predicted octanol–water partition coefficient (Wildman–Crippen LogP) is 6.30. The highest BCUT2D eigenvalue weighted by Crippen LogP contribution is 2.38. The minimum atomic E-state index is 0.400. The summed E-state index contributed by atoms with van der Waals surface area (Å²) >= 11 is 0. The number of hydrogen-bond donors (Lipinski definition) is 1. The summed E-state index contributed by atoms with van der Waals surface area (Å²) in [6.07, 6.45) is 19.7. The van der Waals surface area contributed by atoms with E-state index in [4.69, 9.17) is 0 Å². The molecule has 0 amide bonds. The monoisotopic (exact) mass is 482 g/mol. The second kappa shape index (κ2) is 10.6. The van der Waals surface area contributed by atoms with Gasteiger partial charge in [-0.2, -0.15) is 0 Å². The van der Waals surface area contributed by atoms with E-state index in [1.54, 1.807) is 0 Å². The molecule has 2 saturated heterocycles. The summed E-state index contributed by atoms with van der Waals surface area (Å²) in [7, 11) is 0.